The van der Waals surface area contributed by atoms with Gasteiger partial charge in [-0.1, -0.05) is 42.5 Å². The van der Waals surface area contributed by atoms with E-state index < -0.39 is 7.12 Å². The highest BCUT2D eigenvalue weighted by Crippen LogP contribution is 1.97. The van der Waals surface area contributed by atoms with Crippen LogP contribution in [0, 0.1) is 5.82 Å². The monoisotopic (exact) mass is 273 g/mol. The van der Waals surface area contributed by atoms with Crippen molar-refractivity contribution in [2.45, 2.75) is 6.54 Å². The molecule has 2 aromatic carbocycles. The van der Waals surface area contributed by atoms with Crippen molar-refractivity contribution < 1.29 is 14.1 Å². The van der Waals surface area contributed by atoms with Gasteiger partial charge in [0.15, 0.2) is 0 Å². The second-order valence-corrected chi connectivity index (χ2v) is 4.44. The molecule has 0 aliphatic carbocycles. The highest BCUT2D eigenvalue weighted by molar-refractivity contribution is 6.59. The van der Waals surface area contributed by atoms with Crippen LogP contribution in [0.15, 0.2) is 54.6 Å². The Morgan fingerprint density at radius 2 is 1.75 bits per heavy atom. The molecule has 2 rings (SSSR count). The molecule has 0 fully saturated rings. The number of hydrogen-bond acceptors (Lipinski definition) is 3. The number of benzene rings is 2. The van der Waals surface area contributed by atoms with Gasteiger partial charge in [-0.05, 0) is 23.2 Å². The largest absolute Gasteiger partial charge is 0.491 e. The molecule has 0 saturated carbocycles. The highest BCUT2D eigenvalue weighted by Gasteiger charge is 2.15. The Morgan fingerprint density at radius 1 is 1.05 bits per heavy atom. The molecule has 5 heteroatoms. The Kier molecular flexibility index (Phi) is 5.74. The first-order valence-electron chi connectivity index (χ1n) is 6.55. The Bertz CT molecular complexity index is 507. The van der Waals surface area contributed by atoms with E-state index in [1.165, 1.54) is 29.8 Å². The first-order valence-corrected chi connectivity index (χ1v) is 6.55. The van der Waals surface area contributed by atoms with E-state index in [4.69, 9.17) is 4.65 Å². The third-order valence-corrected chi connectivity index (χ3v) is 2.88. The number of rotatable bonds is 7. The van der Waals surface area contributed by atoms with Crippen LogP contribution in [0.2, 0.25) is 0 Å². The summed E-state index contributed by atoms with van der Waals surface area (Å²) in [5.41, 5.74) is 1.75. The van der Waals surface area contributed by atoms with Crippen molar-refractivity contribution in [1.82, 2.24) is 5.32 Å². The van der Waals surface area contributed by atoms with E-state index in [1.807, 2.05) is 30.3 Å². The zero-order valence-corrected chi connectivity index (χ0v) is 11.1. The summed E-state index contributed by atoms with van der Waals surface area (Å²) in [6, 6.07) is 15.7. The Labute approximate surface area is 118 Å². The van der Waals surface area contributed by atoms with Gasteiger partial charge >= 0.3 is 7.12 Å². The SMILES string of the molecule is OB(OCCNCc1ccccc1)c1ccc(F)cc1. The van der Waals surface area contributed by atoms with Crippen LogP contribution in [-0.2, 0) is 11.2 Å². The summed E-state index contributed by atoms with van der Waals surface area (Å²) in [7, 11) is -1.02. The van der Waals surface area contributed by atoms with Crippen molar-refractivity contribution in [2.75, 3.05) is 13.2 Å². The lowest BCUT2D eigenvalue weighted by atomic mass is 9.80. The van der Waals surface area contributed by atoms with Gasteiger partial charge in [-0.3, -0.25) is 0 Å². The van der Waals surface area contributed by atoms with Gasteiger partial charge in [0.1, 0.15) is 5.82 Å². The first kappa shape index (κ1) is 14.7. The fourth-order valence-electron chi connectivity index (χ4n) is 1.79. The molecular weight excluding hydrogens is 256 g/mol. The number of hydrogen-bond donors (Lipinski definition) is 2. The predicted octanol–water partition coefficient (Wildman–Crippen LogP) is 1.32. The van der Waals surface area contributed by atoms with Crippen LogP contribution in [0.1, 0.15) is 5.56 Å². The van der Waals surface area contributed by atoms with Gasteiger partial charge in [0.05, 0.1) is 0 Å². The normalized spacial score (nSPS) is 10.5. The van der Waals surface area contributed by atoms with Crippen LogP contribution >= 0.6 is 0 Å². The molecule has 0 radical (unpaired) electrons. The molecule has 104 valence electrons. The van der Waals surface area contributed by atoms with Crippen LogP contribution in [-0.4, -0.2) is 25.3 Å². The van der Waals surface area contributed by atoms with E-state index in [1.54, 1.807) is 0 Å². The molecule has 2 N–H and O–H groups in total. The number of halogens is 1. The van der Waals surface area contributed by atoms with Crippen LogP contribution in [0.3, 0.4) is 0 Å². The third-order valence-electron chi connectivity index (χ3n) is 2.88. The molecule has 0 amide bonds. The Hall–Kier alpha value is -1.69. The Balaban J connectivity index is 1.64. The summed E-state index contributed by atoms with van der Waals surface area (Å²) in [5.74, 6) is -0.328. The Morgan fingerprint density at radius 3 is 2.45 bits per heavy atom. The highest BCUT2D eigenvalue weighted by atomic mass is 19.1. The van der Waals surface area contributed by atoms with E-state index in [9.17, 15) is 9.41 Å². The first-order chi connectivity index (χ1) is 9.75. The van der Waals surface area contributed by atoms with E-state index in [0.717, 1.165) is 6.54 Å². The van der Waals surface area contributed by atoms with Gasteiger partial charge in [-0.15, -0.1) is 0 Å². The summed E-state index contributed by atoms with van der Waals surface area (Å²) in [6.07, 6.45) is 0. The fraction of sp³-hybridized carbons (Fsp3) is 0.200. The van der Waals surface area contributed by atoms with Gasteiger partial charge in [-0.2, -0.15) is 0 Å². The van der Waals surface area contributed by atoms with E-state index in [2.05, 4.69) is 5.32 Å². The maximum Gasteiger partial charge on any atom is 0.491 e. The van der Waals surface area contributed by atoms with Gasteiger partial charge < -0.3 is 15.0 Å². The lowest BCUT2D eigenvalue weighted by molar-refractivity contribution is 0.268. The maximum absolute atomic E-state index is 12.7. The molecule has 0 spiro atoms. The minimum atomic E-state index is -1.02. The summed E-state index contributed by atoms with van der Waals surface area (Å²) >= 11 is 0. The molecule has 0 bridgehead atoms. The van der Waals surface area contributed by atoms with E-state index in [-0.39, 0.29) is 5.82 Å². The smallest absolute Gasteiger partial charge is 0.423 e. The van der Waals surface area contributed by atoms with Crippen molar-refractivity contribution in [3.8, 4) is 0 Å². The third kappa shape index (κ3) is 4.77. The molecule has 0 atom stereocenters. The van der Waals surface area contributed by atoms with Crippen molar-refractivity contribution in [1.29, 1.82) is 0 Å². The lowest BCUT2D eigenvalue weighted by Crippen LogP contribution is -2.35. The molecule has 0 heterocycles. The maximum atomic E-state index is 12.7. The summed E-state index contributed by atoms with van der Waals surface area (Å²) in [4.78, 5) is 0. The van der Waals surface area contributed by atoms with Gasteiger partial charge in [0, 0.05) is 19.7 Å². The van der Waals surface area contributed by atoms with Gasteiger partial charge in [0.2, 0.25) is 0 Å². The topological polar surface area (TPSA) is 41.5 Å². The molecule has 3 nitrogen and oxygen atoms in total. The van der Waals surface area contributed by atoms with Crippen molar-refractivity contribution >= 4 is 12.6 Å². The van der Waals surface area contributed by atoms with E-state index >= 15 is 0 Å². The molecule has 0 unspecified atom stereocenters. The average molecular weight is 273 g/mol. The minimum absolute atomic E-state index is 0.328. The number of nitrogens with one attached hydrogen (secondary N) is 1. The van der Waals surface area contributed by atoms with Gasteiger partial charge in [-0.25, -0.2) is 4.39 Å². The average Bonchev–Trinajstić information content (AvgIpc) is 2.48. The van der Waals surface area contributed by atoms with Crippen LogP contribution in [0.5, 0.6) is 0 Å². The zero-order valence-electron chi connectivity index (χ0n) is 11.1. The van der Waals surface area contributed by atoms with Crippen LogP contribution in [0.25, 0.3) is 0 Å². The molecular formula is C15H17BFNO2. The summed E-state index contributed by atoms with van der Waals surface area (Å²) in [5, 5.41) is 13.0. The lowest BCUT2D eigenvalue weighted by Gasteiger charge is -2.09. The van der Waals surface area contributed by atoms with Crippen molar-refractivity contribution in [3.05, 3.63) is 66.0 Å². The standard InChI is InChI=1S/C15H17BFNO2/c17-15-8-6-14(7-9-15)16(19)20-11-10-18-12-13-4-2-1-3-5-13/h1-9,18-19H,10-12H2. The quantitative estimate of drug-likeness (QED) is 0.590. The fourth-order valence-corrected chi connectivity index (χ4v) is 1.79. The molecule has 0 saturated heterocycles. The molecule has 0 aromatic heterocycles. The molecule has 0 aliphatic heterocycles. The minimum Gasteiger partial charge on any atom is -0.423 e. The summed E-state index contributed by atoms with van der Waals surface area (Å²) < 4.78 is 18.0. The summed E-state index contributed by atoms with van der Waals surface area (Å²) in [6.45, 7) is 1.77. The van der Waals surface area contributed by atoms with Crippen LogP contribution < -0.4 is 10.8 Å². The van der Waals surface area contributed by atoms with Crippen molar-refractivity contribution in [2.24, 2.45) is 0 Å². The molecule has 20 heavy (non-hydrogen) atoms. The van der Waals surface area contributed by atoms with Gasteiger partial charge in [0.25, 0.3) is 0 Å². The van der Waals surface area contributed by atoms with E-state index in [0.29, 0.717) is 18.6 Å². The van der Waals surface area contributed by atoms with Crippen LogP contribution in [0.4, 0.5) is 4.39 Å². The van der Waals surface area contributed by atoms with Crippen molar-refractivity contribution in [3.63, 3.8) is 0 Å². The second kappa shape index (κ2) is 7.80. The zero-order chi connectivity index (χ0) is 14.2. The molecule has 0 aliphatic rings. The predicted molar refractivity (Wildman–Crippen MR) is 78.1 cm³/mol. The molecule has 2 aromatic rings. The second-order valence-electron chi connectivity index (χ2n) is 4.44.